The lowest BCUT2D eigenvalue weighted by Crippen LogP contribution is -2.29. The highest BCUT2D eigenvalue weighted by Crippen LogP contribution is 2.33. The molecular weight excluding hydrogens is 482 g/mol. The smallest absolute Gasteiger partial charge is 0.256 e. The zero-order valence-electron chi connectivity index (χ0n) is 18.3. The van der Waals surface area contributed by atoms with Crippen LogP contribution in [0.1, 0.15) is 0 Å². The van der Waals surface area contributed by atoms with Crippen LogP contribution < -0.4 is 10.9 Å². The van der Waals surface area contributed by atoms with Crippen LogP contribution in [0.4, 0.5) is 14.7 Å². The summed E-state index contributed by atoms with van der Waals surface area (Å²) in [5.74, 6) is -2.25. The van der Waals surface area contributed by atoms with Crippen LogP contribution in [0.3, 0.4) is 0 Å². The molecule has 35 heavy (non-hydrogen) atoms. The number of aliphatic hydroxyl groups excluding tert-OH is 2. The van der Waals surface area contributed by atoms with Gasteiger partial charge in [-0.3, -0.25) is 9.36 Å². The Kier molecular flexibility index (Phi) is 6.61. The number of aliphatic hydroxyl groups is 2. The number of nitrogens with zero attached hydrogens (tertiary/aromatic N) is 3. The van der Waals surface area contributed by atoms with E-state index >= 15 is 0 Å². The lowest BCUT2D eigenvalue weighted by molar-refractivity contribution is 0.203. The van der Waals surface area contributed by atoms with Crippen LogP contribution in [0, 0.1) is 11.6 Å². The Balaban J connectivity index is 2.15. The average molecular weight is 502 g/mol. The fraction of sp³-hybridized carbons (Fsp3) is 0.174. The van der Waals surface area contributed by atoms with Crippen molar-refractivity contribution in [3.63, 3.8) is 0 Å². The van der Waals surface area contributed by atoms with Gasteiger partial charge < -0.3 is 15.5 Å². The summed E-state index contributed by atoms with van der Waals surface area (Å²) in [5.41, 5.74) is -1.47. The third kappa shape index (κ3) is 4.63. The Morgan fingerprint density at radius 1 is 0.971 bits per heavy atom. The first kappa shape index (κ1) is 24.4. The molecule has 9 nitrogen and oxygen atoms in total. The maximum absolute atomic E-state index is 14.7. The van der Waals surface area contributed by atoms with Gasteiger partial charge in [0, 0.05) is 23.3 Å². The number of benzene rings is 2. The third-order valence-corrected chi connectivity index (χ3v) is 6.38. The van der Waals surface area contributed by atoms with Gasteiger partial charge >= 0.3 is 0 Å². The maximum atomic E-state index is 14.7. The maximum Gasteiger partial charge on any atom is 0.256 e. The molecule has 0 bridgehead atoms. The molecule has 0 unspecified atom stereocenters. The summed E-state index contributed by atoms with van der Waals surface area (Å²) >= 11 is 0. The highest BCUT2D eigenvalue weighted by molar-refractivity contribution is 7.90. The molecule has 0 amide bonds. The molecule has 0 spiro atoms. The quantitative estimate of drug-likeness (QED) is 0.349. The molecule has 4 rings (SSSR count). The molecule has 2 aromatic carbocycles. The highest BCUT2D eigenvalue weighted by Gasteiger charge is 2.23. The van der Waals surface area contributed by atoms with Gasteiger partial charge in [0.1, 0.15) is 17.3 Å². The normalized spacial score (nSPS) is 11.8. The van der Waals surface area contributed by atoms with E-state index in [4.69, 9.17) is 0 Å². The van der Waals surface area contributed by atoms with Crippen molar-refractivity contribution < 1.29 is 27.4 Å². The number of sulfone groups is 1. The zero-order valence-corrected chi connectivity index (χ0v) is 19.1. The van der Waals surface area contributed by atoms with E-state index in [1.54, 1.807) is 6.07 Å². The number of para-hydroxylation sites is 1. The lowest BCUT2D eigenvalue weighted by Gasteiger charge is -2.18. The first-order chi connectivity index (χ1) is 16.7. The van der Waals surface area contributed by atoms with Crippen molar-refractivity contribution in [3.8, 4) is 16.9 Å². The van der Waals surface area contributed by atoms with Crippen molar-refractivity contribution in [2.45, 2.75) is 10.9 Å². The molecule has 0 fully saturated rings. The number of aromatic nitrogens is 3. The van der Waals surface area contributed by atoms with Gasteiger partial charge in [-0.05, 0) is 24.3 Å². The van der Waals surface area contributed by atoms with Crippen molar-refractivity contribution in [1.82, 2.24) is 14.5 Å². The molecule has 2 heterocycles. The standard InChI is InChI=1S/C23H20F2N4O5S/c1-35(33,34)18-8-3-2-5-14(18)20-15-9-10-19(32)29(21-16(24)6-4-7-17(21)25)22(15)28-23(27-20)26-13(11-30)12-31/h2-10,13,30-31H,11-12H2,1H3,(H,26,27,28). The number of rotatable bonds is 7. The number of fused-ring (bicyclic) bond motifs is 1. The lowest BCUT2D eigenvalue weighted by atomic mass is 10.1. The van der Waals surface area contributed by atoms with Crippen LogP contribution in [-0.2, 0) is 9.84 Å². The summed E-state index contributed by atoms with van der Waals surface area (Å²) in [6, 6.07) is 10.6. The van der Waals surface area contributed by atoms with E-state index in [1.165, 1.54) is 24.3 Å². The van der Waals surface area contributed by atoms with E-state index in [1.807, 2.05) is 0 Å². The molecule has 0 saturated carbocycles. The fourth-order valence-electron chi connectivity index (χ4n) is 3.62. The van der Waals surface area contributed by atoms with Gasteiger partial charge in [-0.15, -0.1) is 0 Å². The molecule has 182 valence electrons. The molecule has 0 saturated heterocycles. The SMILES string of the molecule is CS(=O)(=O)c1ccccc1-c1nc(NC(CO)CO)nc2c1ccc(=O)n2-c1c(F)cccc1F. The molecule has 0 radical (unpaired) electrons. The van der Waals surface area contributed by atoms with Gasteiger partial charge in [0.15, 0.2) is 15.5 Å². The van der Waals surface area contributed by atoms with Gasteiger partial charge in [0.05, 0.1) is 29.8 Å². The number of anilines is 1. The number of hydrogen-bond acceptors (Lipinski definition) is 8. The van der Waals surface area contributed by atoms with Crippen molar-refractivity contribution >= 4 is 26.8 Å². The van der Waals surface area contributed by atoms with Crippen molar-refractivity contribution in [2.75, 3.05) is 24.8 Å². The van der Waals surface area contributed by atoms with Gasteiger partial charge in [-0.1, -0.05) is 24.3 Å². The second kappa shape index (κ2) is 9.49. The minimum Gasteiger partial charge on any atom is -0.394 e. The van der Waals surface area contributed by atoms with E-state index in [0.29, 0.717) is 0 Å². The summed E-state index contributed by atoms with van der Waals surface area (Å²) < 4.78 is 55.1. The van der Waals surface area contributed by atoms with E-state index in [2.05, 4.69) is 15.3 Å². The first-order valence-electron chi connectivity index (χ1n) is 10.3. The molecular formula is C23H20F2N4O5S. The van der Waals surface area contributed by atoms with Crippen LogP contribution >= 0.6 is 0 Å². The van der Waals surface area contributed by atoms with E-state index in [0.717, 1.165) is 35.1 Å². The Hall–Kier alpha value is -3.74. The average Bonchev–Trinajstić information content (AvgIpc) is 2.82. The summed E-state index contributed by atoms with van der Waals surface area (Å²) in [6.45, 7) is -1.01. The third-order valence-electron chi connectivity index (χ3n) is 5.23. The summed E-state index contributed by atoms with van der Waals surface area (Å²) in [7, 11) is -3.73. The van der Waals surface area contributed by atoms with E-state index < -0.39 is 52.0 Å². The summed E-state index contributed by atoms with van der Waals surface area (Å²) in [4.78, 5) is 21.4. The zero-order chi connectivity index (χ0) is 25.3. The van der Waals surface area contributed by atoms with Crippen LogP contribution in [0.5, 0.6) is 0 Å². The van der Waals surface area contributed by atoms with Crippen molar-refractivity contribution in [3.05, 3.63) is 76.6 Å². The van der Waals surface area contributed by atoms with Crippen LogP contribution in [-0.4, -0.2) is 58.7 Å². The number of halogens is 2. The van der Waals surface area contributed by atoms with E-state index in [-0.39, 0.29) is 33.1 Å². The monoisotopic (exact) mass is 502 g/mol. The van der Waals surface area contributed by atoms with Gasteiger partial charge in [-0.25, -0.2) is 22.2 Å². The first-order valence-corrected chi connectivity index (χ1v) is 12.2. The Labute approximate surface area is 198 Å². The molecule has 0 aliphatic carbocycles. The second-order valence-corrected chi connectivity index (χ2v) is 9.67. The van der Waals surface area contributed by atoms with Gasteiger partial charge in [0.2, 0.25) is 5.95 Å². The van der Waals surface area contributed by atoms with Crippen LogP contribution in [0.2, 0.25) is 0 Å². The molecule has 12 heteroatoms. The van der Waals surface area contributed by atoms with E-state index in [9.17, 15) is 32.2 Å². The Morgan fingerprint density at radius 2 is 1.63 bits per heavy atom. The summed E-state index contributed by atoms with van der Waals surface area (Å²) in [6.07, 6.45) is 1.02. The Bertz CT molecular complexity index is 1570. The predicted octanol–water partition coefficient (Wildman–Crippen LogP) is 1.89. The van der Waals surface area contributed by atoms with Crippen molar-refractivity contribution in [2.24, 2.45) is 0 Å². The second-order valence-electron chi connectivity index (χ2n) is 7.69. The topological polar surface area (TPSA) is 134 Å². The molecule has 2 aromatic heterocycles. The molecule has 3 N–H and O–H groups in total. The molecule has 0 aliphatic rings. The number of hydrogen-bond donors (Lipinski definition) is 3. The number of pyridine rings is 1. The van der Waals surface area contributed by atoms with Crippen molar-refractivity contribution in [1.29, 1.82) is 0 Å². The largest absolute Gasteiger partial charge is 0.394 e. The minimum absolute atomic E-state index is 0.0543. The minimum atomic E-state index is -3.73. The molecule has 0 atom stereocenters. The fourth-order valence-corrected chi connectivity index (χ4v) is 4.51. The number of nitrogens with one attached hydrogen (secondary N) is 1. The van der Waals surface area contributed by atoms with Gasteiger partial charge in [-0.2, -0.15) is 4.98 Å². The molecule has 4 aromatic rings. The summed E-state index contributed by atoms with van der Waals surface area (Å²) in [5, 5.41) is 21.8. The molecule has 0 aliphatic heterocycles. The Morgan fingerprint density at radius 3 is 2.26 bits per heavy atom. The van der Waals surface area contributed by atoms with Crippen LogP contribution in [0.15, 0.2) is 64.3 Å². The predicted molar refractivity (Wildman–Crippen MR) is 125 cm³/mol. The van der Waals surface area contributed by atoms with Crippen LogP contribution in [0.25, 0.3) is 28.0 Å². The van der Waals surface area contributed by atoms with Gasteiger partial charge in [0.25, 0.3) is 5.56 Å². The highest BCUT2D eigenvalue weighted by atomic mass is 32.2.